The summed E-state index contributed by atoms with van der Waals surface area (Å²) in [7, 11) is 1.43. The van der Waals surface area contributed by atoms with E-state index in [1.165, 1.54) is 31.6 Å². The maximum absolute atomic E-state index is 13.8. The number of nitrogen functional groups attached to an aromatic ring is 1. The number of anilines is 1. The Labute approximate surface area is 138 Å². The van der Waals surface area contributed by atoms with Crippen LogP contribution in [0.15, 0.2) is 36.7 Å². The standard InChI is InChI=1S/C15H12FN3O3.C2H6/c1-21-14-6-11-9(5-12(14)20)15(19-7-18-11)22-13-3-2-8(17)4-10(13)16;1-2/h2-7,20H,17H2,1H3;1-2H3. The van der Waals surface area contributed by atoms with Crippen LogP contribution in [-0.2, 0) is 0 Å². The van der Waals surface area contributed by atoms with Gasteiger partial charge in [-0.3, -0.25) is 0 Å². The van der Waals surface area contributed by atoms with Crippen molar-refractivity contribution in [1.29, 1.82) is 0 Å². The minimum Gasteiger partial charge on any atom is -0.504 e. The third-order valence-electron chi connectivity index (χ3n) is 3.06. The maximum atomic E-state index is 13.8. The molecule has 24 heavy (non-hydrogen) atoms. The van der Waals surface area contributed by atoms with Crippen molar-refractivity contribution in [1.82, 2.24) is 9.97 Å². The lowest BCUT2D eigenvalue weighted by molar-refractivity contribution is 0.374. The molecular weight excluding hydrogens is 313 g/mol. The van der Waals surface area contributed by atoms with Crippen LogP contribution in [0.3, 0.4) is 0 Å². The quantitative estimate of drug-likeness (QED) is 0.708. The molecule has 0 aliphatic heterocycles. The Bertz CT molecular complexity index is 856. The maximum Gasteiger partial charge on any atom is 0.230 e. The van der Waals surface area contributed by atoms with Crippen LogP contribution in [0.2, 0.25) is 0 Å². The second-order valence-electron chi connectivity index (χ2n) is 4.51. The van der Waals surface area contributed by atoms with Crippen LogP contribution >= 0.6 is 0 Å². The molecule has 3 aromatic rings. The molecule has 0 aliphatic carbocycles. The number of nitrogens with zero attached hydrogens (tertiary/aromatic N) is 2. The Hall–Kier alpha value is -3.09. The zero-order valence-electron chi connectivity index (χ0n) is 13.6. The summed E-state index contributed by atoms with van der Waals surface area (Å²) in [6.07, 6.45) is 1.28. The van der Waals surface area contributed by atoms with Crippen molar-refractivity contribution >= 4 is 16.6 Å². The van der Waals surface area contributed by atoms with Gasteiger partial charge in [0.05, 0.1) is 18.0 Å². The molecular formula is C17H18FN3O3. The van der Waals surface area contributed by atoms with Gasteiger partial charge in [-0.1, -0.05) is 13.8 Å². The molecule has 7 heteroatoms. The summed E-state index contributed by atoms with van der Waals surface area (Å²) in [6.45, 7) is 4.00. The summed E-state index contributed by atoms with van der Waals surface area (Å²) < 4.78 is 24.3. The number of nitrogens with two attached hydrogens (primary N) is 1. The fourth-order valence-corrected chi connectivity index (χ4v) is 2.00. The number of methoxy groups -OCH3 is 1. The van der Waals surface area contributed by atoms with Crippen LogP contribution in [-0.4, -0.2) is 22.2 Å². The summed E-state index contributed by atoms with van der Waals surface area (Å²) >= 11 is 0. The van der Waals surface area contributed by atoms with E-state index >= 15 is 0 Å². The number of benzene rings is 2. The molecule has 0 unspecified atom stereocenters. The van der Waals surface area contributed by atoms with Gasteiger partial charge in [-0.25, -0.2) is 14.4 Å². The van der Waals surface area contributed by atoms with Gasteiger partial charge in [-0.05, 0) is 18.2 Å². The van der Waals surface area contributed by atoms with Crippen LogP contribution < -0.4 is 15.2 Å². The number of phenols is 1. The molecule has 0 saturated carbocycles. The van der Waals surface area contributed by atoms with Crippen molar-refractivity contribution < 1.29 is 19.0 Å². The number of hydrogen-bond donors (Lipinski definition) is 2. The highest BCUT2D eigenvalue weighted by Gasteiger charge is 2.13. The minimum absolute atomic E-state index is 0.0236. The number of fused-ring (bicyclic) bond motifs is 1. The molecule has 0 spiro atoms. The van der Waals surface area contributed by atoms with E-state index in [2.05, 4.69) is 9.97 Å². The fourth-order valence-electron chi connectivity index (χ4n) is 2.00. The monoisotopic (exact) mass is 331 g/mol. The highest BCUT2D eigenvalue weighted by atomic mass is 19.1. The summed E-state index contributed by atoms with van der Waals surface area (Å²) in [5.74, 6) is -0.330. The van der Waals surface area contributed by atoms with Crippen molar-refractivity contribution in [3.63, 3.8) is 0 Å². The second-order valence-corrected chi connectivity index (χ2v) is 4.51. The first-order chi connectivity index (χ1) is 11.6. The van der Waals surface area contributed by atoms with Gasteiger partial charge in [-0.2, -0.15) is 0 Å². The van der Waals surface area contributed by atoms with Gasteiger partial charge in [-0.15, -0.1) is 0 Å². The summed E-state index contributed by atoms with van der Waals surface area (Å²) in [6, 6.07) is 7.01. The fraction of sp³-hybridized carbons (Fsp3) is 0.176. The van der Waals surface area contributed by atoms with Crippen molar-refractivity contribution in [2.45, 2.75) is 13.8 Å². The topological polar surface area (TPSA) is 90.5 Å². The number of phenolic OH excluding ortho intramolecular Hbond substituents is 1. The molecule has 0 bridgehead atoms. The van der Waals surface area contributed by atoms with Gasteiger partial charge in [0.15, 0.2) is 23.1 Å². The van der Waals surface area contributed by atoms with E-state index in [-0.39, 0.29) is 23.1 Å². The molecule has 126 valence electrons. The molecule has 6 nitrogen and oxygen atoms in total. The van der Waals surface area contributed by atoms with Gasteiger partial charge >= 0.3 is 0 Å². The first-order valence-corrected chi connectivity index (χ1v) is 7.33. The third-order valence-corrected chi connectivity index (χ3v) is 3.06. The lowest BCUT2D eigenvalue weighted by Gasteiger charge is -2.10. The third kappa shape index (κ3) is 3.45. The molecule has 1 heterocycles. The van der Waals surface area contributed by atoms with Gasteiger partial charge < -0.3 is 20.3 Å². The van der Waals surface area contributed by atoms with E-state index in [1.54, 1.807) is 6.07 Å². The van der Waals surface area contributed by atoms with E-state index in [4.69, 9.17) is 15.2 Å². The van der Waals surface area contributed by atoms with Gasteiger partial charge in [0, 0.05) is 17.8 Å². The molecule has 1 aromatic heterocycles. The Morgan fingerprint density at radius 1 is 1.08 bits per heavy atom. The van der Waals surface area contributed by atoms with Crippen LogP contribution in [0.4, 0.5) is 10.1 Å². The Kier molecular flexibility index (Phi) is 5.36. The number of ether oxygens (including phenoxy) is 2. The minimum atomic E-state index is -0.607. The molecule has 0 amide bonds. The van der Waals surface area contributed by atoms with E-state index < -0.39 is 5.82 Å². The molecule has 0 atom stereocenters. The first kappa shape index (κ1) is 17.3. The van der Waals surface area contributed by atoms with Crippen molar-refractivity contribution in [3.05, 3.63) is 42.5 Å². The average Bonchev–Trinajstić information content (AvgIpc) is 2.59. The second kappa shape index (κ2) is 7.45. The van der Waals surface area contributed by atoms with Crippen LogP contribution in [0.25, 0.3) is 10.9 Å². The van der Waals surface area contributed by atoms with E-state index in [9.17, 15) is 9.50 Å². The molecule has 2 aromatic carbocycles. The summed E-state index contributed by atoms with van der Waals surface area (Å²) in [5, 5.41) is 10.3. The molecule has 3 rings (SSSR count). The number of rotatable bonds is 3. The van der Waals surface area contributed by atoms with Gasteiger partial charge in [0.1, 0.15) is 6.33 Å². The largest absolute Gasteiger partial charge is 0.504 e. The average molecular weight is 331 g/mol. The number of aromatic nitrogens is 2. The van der Waals surface area contributed by atoms with Crippen molar-refractivity contribution in [2.24, 2.45) is 0 Å². The highest BCUT2D eigenvalue weighted by molar-refractivity contribution is 5.86. The van der Waals surface area contributed by atoms with Crippen LogP contribution in [0.5, 0.6) is 23.1 Å². The summed E-state index contributed by atoms with van der Waals surface area (Å²) in [4.78, 5) is 8.05. The lowest BCUT2D eigenvalue weighted by atomic mass is 10.2. The van der Waals surface area contributed by atoms with E-state index in [0.717, 1.165) is 6.07 Å². The molecule has 0 radical (unpaired) electrons. The molecule has 0 fully saturated rings. The van der Waals surface area contributed by atoms with Crippen LogP contribution in [0.1, 0.15) is 13.8 Å². The predicted octanol–water partition coefficient (Wildman–Crippen LogP) is 3.88. The Morgan fingerprint density at radius 3 is 2.50 bits per heavy atom. The smallest absolute Gasteiger partial charge is 0.230 e. The number of aromatic hydroxyl groups is 1. The van der Waals surface area contributed by atoms with Crippen molar-refractivity contribution in [2.75, 3.05) is 12.8 Å². The Morgan fingerprint density at radius 2 is 1.83 bits per heavy atom. The summed E-state index contributed by atoms with van der Waals surface area (Å²) in [5.41, 5.74) is 6.28. The Balaban J connectivity index is 0.00000100. The van der Waals surface area contributed by atoms with Crippen LogP contribution in [0, 0.1) is 5.82 Å². The molecule has 3 N–H and O–H groups in total. The zero-order chi connectivity index (χ0) is 17.7. The van der Waals surface area contributed by atoms with Gasteiger partial charge in [0.2, 0.25) is 5.88 Å². The lowest BCUT2D eigenvalue weighted by Crippen LogP contribution is -1.95. The van der Waals surface area contributed by atoms with E-state index in [0.29, 0.717) is 16.6 Å². The first-order valence-electron chi connectivity index (χ1n) is 7.33. The van der Waals surface area contributed by atoms with Crippen molar-refractivity contribution in [3.8, 4) is 23.1 Å². The number of halogens is 1. The van der Waals surface area contributed by atoms with Gasteiger partial charge in [0.25, 0.3) is 0 Å². The molecule has 0 aliphatic rings. The number of hydrogen-bond acceptors (Lipinski definition) is 6. The zero-order valence-corrected chi connectivity index (χ0v) is 13.6. The predicted molar refractivity (Wildman–Crippen MR) is 90.0 cm³/mol. The highest BCUT2D eigenvalue weighted by Crippen LogP contribution is 2.35. The van der Waals surface area contributed by atoms with E-state index in [1.807, 2.05) is 13.8 Å². The molecule has 0 saturated heterocycles. The normalized spacial score (nSPS) is 10.0. The SMILES string of the molecule is CC.COc1cc2ncnc(Oc3ccc(N)cc3F)c2cc1O.